The minimum Gasteiger partial charge on any atom is -0.497 e. The highest BCUT2D eigenvalue weighted by atomic mass is 16.5. The van der Waals surface area contributed by atoms with Crippen LogP contribution in [-0.4, -0.2) is 25.7 Å². The van der Waals surface area contributed by atoms with Crippen molar-refractivity contribution in [3.05, 3.63) is 23.4 Å². The van der Waals surface area contributed by atoms with Crippen molar-refractivity contribution in [2.75, 3.05) is 20.8 Å². The summed E-state index contributed by atoms with van der Waals surface area (Å²) in [5, 5.41) is 1.11. The molecule has 2 aromatic rings. The molecular formula is C15H22N2O2. The summed E-state index contributed by atoms with van der Waals surface area (Å²) in [5.41, 5.74) is 9.17. The van der Waals surface area contributed by atoms with Crippen molar-refractivity contribution < 1.29 is 9.47 Å². The van der Waals surface area contributed by atoms with E-state index in [0.717, 1.165) is 28.1 Å². The number of aromatic amines is 1. The minimum atomic E-state index is -0.0975. The average molecular weight is 262 g/mol. The summed E-state index contributed by atoms with van der Waals surface area (Å²) in [4.78, 5) is 3.40. The van der Waals surface area contributed by atoms with Gasteiger partial charge in [0.25, 0.3) is 0 Å². The van der Waals surface area contributed by atoms with Crippen LogP contribution in [0.4, 0.5) is 0 Å². The Morgan fingerprint density at radius 2 is 1.89 bits per heavy atom. The second kappa shape index (κ2) is 4.78. The fourth-order valence-corrected chi connectivity index (χ4v) is 2.62. The van der Waals surface area contributed by atoms with Crippen LogP contribution in [-0.2, 0) is 5.41 Å². The van der Waals surface area contributed by atoms with Crippen LogP contribution in [0.1, 0.15) is 25.1 Å². The monoisotopic (exact) mass is 262 g/mol. The van der Waals surface area contributed by atoms with Crippen molar-refractivity contribution in [3.63, 3.8) is 0 Å². The van der Waals surface area contributed by atoms with Crippen molar-refractivity contribution in [2.24, 2.45) is 5.73 Å². The summed E-state index contributed by atoms with van der Waals surface area (Å²) in [6.45, 7) is 6.95. The first-order valence-electron chi connectivity index (χ1n) is 6.39. The number of aromatic nitrogens is 1. The lowest BCUT2D eigenvalue weighted by molar-refractivity contribution is 0.397. The van der Waals surface area contributed by atoms with Gasteiger partial charge in [0.2, 0.25) is 0 Å². The van der Waals surface area contributed by atoms with Crippen LogP contribution >= 0.6 is 0 Å². The normalized spacial score (nSPS) is 11.9. The van der Waals surface area contributed by atoms with Crippen molar-refractivity contribution in [3.8, 4) is 11.5 Å². The van der Waals surface area contributed by atoms with E-state index in [1.807, 2.05) is 12.1 Å². The van der Waals surface area contributed by atoms with Crippen LogP contribution in [0.25, 0.3) is 10.9 Å². The summed E-state index contributed by atoms with van der Waals surface area (Å²) >= 11 is 0. The van der Waals surface area contributed by atoms with Gasteiger partial charge in [0.05, 0.1) is 19.7 Å². The zero-order chi connectivity index (χ0) is 14.2. The molecule has 104 valence electrons. The van der Waals surface area contributed by atoms with E-state index in [0.29, 0.717) is 6.54 Å². The van der Waals surface area contributed by atoms with E-state index in [-0.39, 0.29) is 5.41 Å². The Labute approximate surface area is 113 Å². The van der Waals surface area contributed by atoms with E-state index in [1.54, 1.807) is 14.2 Å². The Balaban J connectivity index is 2.82. The first kappa shape index (κ1) is 13.7. The second-order valence-corrected chi connectivity index (χ2v) is 5.47. The Hall–Kier alpha value is -1.68. The molecule has 0 amide bonds. The fraction of sp³-hybridized carbons (Fsp3) is 0.467. The number of fused-ring (bicyclic) bond motifs is 1. The number of nitrogens with one attached hydrogen (secondary N) is 1. The minimum absolute atomic E-state index is 0.0975. The maximum absolute atomic E-state index is 5.92. The number of hydrogen-bond donors (Lipinski definition) is 2. The van der Waals surface area contributed by atoms with Crippen LogP contribution in [0.5, 0.6) is 11.5 Å². The van der Waals surface area contributed by atoms with Crippen LogP contribution in [0.15, 0.2) is 12.1 Å². The number of aryl methyl sites for hydroxylation is 1. The summed E-state index contributed by atoms with van der Waals surface area (Å²) in [7, 11) is 3.33. The molecule has 1 heterocycles. The Morgan fingerprint density at radius 1 is 1.21 bits per heavy atom. The Morgan fingerprint density at radius 3 is 2.42 bits per heavy atom. The maximum Gasteiger partial charge on any atom is 0.146 e. The molecule has 0 aliphatic carbocycles. The Bertz CT molecular complexity index is 600. The molecule has 0 aliphatic heterocycles. The standard InChI is InChI=1S/C15H22N2O2/c1-9-13(15(2,3)8-16)11-6-10(18-4)7-12(19-5)14(11)17-9/h6-7,17H,8,16H2,1-5H3. The molecule has 0 fully saturated rings. The lowest BCUT2D eigenvalue weighted by Gasteiger charge is -2.23. The molecule has 0 atom stereocenters. The second-order valence-electron chi connectivity index (χ2n) is 5.47. The molecule has 4 nitrogen and oxygen atoms in total. The number of benzene rings is 1. The highest BCUT2D eigenvalue weighted by Gasteiger charge is 2.26. The number of ether oxygens (including phenoxy) is 2. The summed E-state index contributed by atoms with van der Waals surface area (Å²) in [6.07, 6.45) is 0. The third-order valence-electron chi connectivity index (χ3n) is 3.68. The van der Waals surface area contributed by atoms with Gasteiger partial charge in [-0.15, -0.1) is 0 Å². The highest BCUT2D eigenvalue weighted by molar-refractivity contribution is 5.92. The van der Waals surface area contributed by atoms with E-state index >= 15 is 0 Å². The predicted octanol–water partition coefficient (Wildman–Crippen LogP) is 2.73. The molecule has 3 N–H and O–H groups in total. The molecule has 0 saturated carbocycles. The molecule has 4 heteroatoms. The molecule has 0 unspecified atom stereocenters. The quantitative estimate of drug-likeness (QED) is 0.890. The zero-order valence-electron chi connectivity index (χ0n) is 12.3. The van der Waals surface area contributed by atoms with E-state index < -0.39 is 0 Å². The maximum atomic E-state index is 5.92. The van der Waals surface area contributed by atoms with E-state index in [4.69, 9.17) is 15.2 Å². The smallest absolute Gasteiger partial charge is 0.146 e. The molecule has 0 bridgehead atoms. The van der Waals surface area contributed by atoms with Gasteiger partial charge in [0.15, 0.2) is 0 Å². The van der Waals surface area contributed by atoms with Gasteiger partial charge >= 0.3 is 0 Å². The van der Waals surface area contributed by atoms with Gasteiger partial charge in [-0.05, 0) is 18.6 Å². The van der Waals surface area contributed by atoms with E-state index in [2.05, 4.69) is 25.8 Å². The predicted molar refractivity (Wildman–Crippen MR) is 78.2 cm³/mol. The molecular weight excluding hydrogens is 240 g/mol. The highest BCUT2D eigenvalue weighted by Crippen LogP contribution is 2.39. The molecule has 0 radical (unpaired) electrons. The fourth-order valence-electron chi connectivity index (χ4n) is 2.62. The van der Waals surface area contributed by atoms with Gasteiger partial charge in [-0.2, -0.15) is 0 Å². The SMILES string of the molecule is COc1cc(OC)c2[nH]c(C)c(C(C)(C)CN)c2c1. The zero-order valence-corrected chi connectivity index (χ0v) is 12.3. The third kappa shape index (κ3) is 2.16. The largest absolute Gasteiger partial charge is 0.497 e. The number of methoxy groups -OCH3 is 2. The van der Waals surface area contributed by atoms with Crippen LogP contribution in [0.2, 0.25) is 0 Å². The van der Waals surface area contributed by atoms with Crippen LogP contribution < -0.4 is 15.2 Å². The van der Waals surface area contributed by atoms with Gasteiger partial charge in [-0.3, -0.25) is 0 Å². The number of H-pyrrole nitrogens is 1. The summed E-state index contributed by atoms with van der Waals surface area (Å²) < 4.78 is 10.8. The van der Waals surface area contributed by atoms with Gasteiger partial charge in [0.1, 0.15) is 11.5 Å². The lowest BCUT2D eigenvalue weighted by atomic mass is 9.83. The van der Waals surface area contributed by atoms with Gasteiger partial charge in [0, 0.05) is 29.1 Å². The van der Waals surface area contributed by atoms with Gasteiger partial charge < -0.3 is 20.2 Å². The van der Waals surface area contributed by atoms with Crippen molar-refractivity contribution >= 4 is 10.9 Å². The summed E-state index contributed by atoms with van der Waals surface area (Å²) in [6, 6.07) is 3.92. The topological polar surface area (TPSA) is 60.3 Å². The first-order chi connectivity index (χ1) is 8.94. The first-order valence-corrected chi connectivity index (χ1v) is 6.39. The number of rotatable bonds is 4. The van der Waals surface area contributed by atoms with Crippen molar-refractivity contribution in [2.45, 2.75) is 26.2 Å². The third-order valence-corrected chi connectivity index (χ3v) is 3.68. The van der Waals surface area contributed by atoms with Crippen LogP contribution in [0, 0.1) is 6.92 Å². The van der Waals surface area contributed by atoms with Gasteiger partial charge in [-0.25, -0.2) is 0 Å². The molecule has 19 heavy (non-hydrogen) atoms. The van der Waals surface area contributed by atoms with E-state index in [9.17, 15) is 0 Å². The summed E-state index contributed by atoms with van der Waals surface area (Å²) in [5.74, 6) is 1.58. The number of hydrogen-bond acceptors (Lipinski definition) is 3. The molecule has 0 saturated heterocycles. The molecule has 2 rings (SSSR count). The van der Waals surface area contributed by atoms with Crippen molar-refractivity contribution in [1.29, 1.82) is 0 Å². The van der Waals surface area contributed by atoms with Crippen molar-refractivity contribution in [1.82, 2.24) is 4.98 Å². The number of nitrogens with two attached hydrogens (primary N) is 1. The molecule has 0 spiro atoms. The van der Waals surface area contributed by atoms with Crippen LogP contribution in [0.3, 0.4) is 0 Å². The van der Waals surface area contributed by atoms with E-state index in [1.165, 1.54) is 5.56 Å². The Kier molecular flexibility index (Phi) is 3.45. The molecule has 1 aromatic heterocycles. The van der Waals surface area contributed by atoms with Gasteiger partial charge in [-0.1, -0.05) is 13.8 Å². The average Bonchev–Trinajstić information content (AvgIpc) is 2.73. The molecule has 0 aliphatic rings. The lowest BCUT2D eigenvalue weighted by Crippen LogP contribution is -2.28. The molecule has 1 aromatic carbocycles.